The molecule has 0 aliphatic carbocycles. The zero-order valence-electron chi connectivity index (χ0n) is 15.4. The number of fused-ring (bicyclic) bond motifs is 1. The number of para-hydroxylation sites is 1. The Kier molecular flexibility index (Phi) is 4.30. The molecular weight excluding hydrogens is 380 g/mol. The molecule has 5 rings (SSSR count). The molecular formula is C24H16N2O2S. The Hall–Kier alpha value is -3.57. The van der Waals surface area contributed by atoms with Gasteiger partial charge in [-0.15, -0.1) is 0 Å². The summed E-state index contributed by atoms with van der Waals surface area (Å²) < 4.78 is 2.02. The number of aromatic nitrogens is 1. The number of nitrogens with zero attached hydrogens (tertiary/aromatic N) is 2. The van der Waals surface area contributed by atoms with Crippen molar-refractivity contribution in [1.82, 2.24) is 4.57 Å². The first-order valence-electron chi connectivity index (χ1n) is 9.20. The fourth-order valence-corrected chi connectivity index (χ4v) is 4.30. The number of carbonyl (C=O) groups is 2. The molecule has 2 heterocycles. The van der Waals surface area contributed by atoms with E-state index < -0.39 is 0 Å². The molecule has 0 saturated carbocycles. The summed E-state index contributed by atoms with van der Waals surface area (Å²) in [6, 6.07) is 27.3. The Morgan fingerprint density at radius 2 is 1.48 bits per heavy atom. The second kappa shape index (κ2) is 7.11. The van der Waals surface area contributed by atoms with Crippen LogP contribution in [0.15, 0.2) is 96.0 Å². The molecule has 140 valence electrons. The number of carbonyl (C=O) groups excluding carboxylic acids is 2. The van der Waals surface area contributed by atoms with Crippen LogP contribution in [0.4, 0.5) is 10.5 Å². The lowest BCUT2D eigenvalue weighted by molar-refractivity contribution is -0.113. The summed E-state index contributed by atoms with van der Waals surface area (Å²) >= 11 is 0.967. The highest BCUT2D eigenvalue weighted by molar-refractivity contribution is 8.19. The molecule has 0 bridgehead atoms. The third kappa shape index (κ3) is 3.15. The number of hydrogen-bond donors (Lipinski definition) is 0. The van der Waals surface area contributed by atoms with Crippen LogP contribution in [-0.2, 0) is 4.79 Å². The molecule has 2 amide bonds. The molecule has 1 aliphatic heterocycles. The molecule has 29 heavy (non-hydrogen) atoms. The fourth-order valence-electron chi connectivity index (χ4n) is 3.48. The average molecular weight is 396 g/mol. The Morgan fingerprint density at radius 1 is 0.724 bits per heavy atom. The summed E-state index contributed by atoms with van der Waals surface area (Å²) in [5.41, 5.74) is 2.43. The van der Waals surface area contributed by atoms with Crippen molar-refractivity contribution in [3.8, 4) is 5.69 Å². The number of thioether (sulfide) groups is 1. The van der Waals surface area contributed by atoms with E-state index in [1.54, 1.807) is 18.2 Å². The van der Waals surface area contributed by atoms with Gasteiger partial charge in [-0.05, 0) is 65.0 Å². The number of anilines is 1. The van der Waals surface area contributed by atoms with Gasteiger partial charge in [0.25, 0.3) is 11.1 Å². The second-order valence-corrected chi connectivity index (χ2v) is 7.68. The average Bonchev–Trinajstić information content (AvgIpc) is 3.32. The number of benzene rings is 3. The van der Waals surface area contributed by atoms with Gasteiger partial charge >= 0.3 is 0 Å². The zero-order valence-corrected chi connectivity index (χ0v) is 16.2. The van der Waals surface area contributed by atoms with Crippen LogP contribution in [0, 0.1) is 0 Å². The molecule has 4 nitrogen and oxygen atoms in total. The zero-order chi connectivity index (χ0) is 19.8. The first-order valence-corrected chi connectivity index (χ1v) is 10.0. The lowest BCUT2D eigenvalue weighted by Gasteiger charge is -2.11. The standard InChI is InChI=1S/C24H16N2O2S/c27-23-22(29-24(28)26(23)19-9-2-1-3-10-19)16-20-11-6-14-25(20)21-13-12-17-7-4-5-8-18(17)15-21/h1-16H/b22-16-. The van der Waals surface area contributed by atoms with Gasteiger partial charge in [0.05, 0.1) is 10.6 Å². The highest BCUT2D eigenvalue weighted by Crippen LogP contribution is 2.36. The van der Waals surface area contributed by atoms with Crippen molar-refractivity contribution in [1.29, 1.82) is 0 Å². The van der Waals surface area contributed by atoms with Gasteiger partial charge in [0.2, 0.25) is 0 Å². The highest BCUT2D eigenvalue weighted by Gasteiger charge is 2.36. The van der Waals surface area contributed by atoms with Crippen molar-refractivity contribution in [3.05, 3.63) is 102 Å². The molecule has 4 aromatic rings. The van der Waals surface area contributed by atoms with Gasteiger partial charge in [-0.2, -0.15) is 0 Å². The fraction of sp³-hybridized carbons (Fsp3) is 0. The van der Waals surface area contributed by atoms with Crippen molar-refractivity contribution in [3.63, 3.8) is 0 Å². The molecule has 5 heteroatoms. The van der Waals surface area contributed by atoms with E-state index in [0.717, 1.165) is 28.5 Å². The summed E-state index contributed by atoms with van der Waals surface area (Å²) in [5, 5.41) is 2.04. The maximum Gasteiger partial charge on any atom is 0.298 e. The van der Waals surface area contributed by atoms with Gasteiger partial charge in [-0.25, -0.2) is 4.90 Å². The molecule has 0 N–H and O–H groups in total. The number of hydrogen-bond acceptors (Lipinski definition) is 3. The van der Waals surface area contributed by atoms with E-state index in [1.165, 1.54) is 10.3 Å². The normalized spacial score (nSPS) is 15.6. The first-order chi connectivity index (χ1) is 14.2. The van der Waals surface area contributed by atoms with Crippen molar-refractivity contribution in [2.24, 2.45) is 0 Å². The van der Waals surface area contributed by atoms with Gasteiger partial charge in [-0.1, -0.05) is 48.5 Å². The molecule has 1 saturated heterocycles. The summed E-state index contributed by atoms with van der Waals surface area (Å²) in [5.74, 6) is -0.294. The lowest BCUT2D eigenvalue weighted by atomic mass is 10.1. The van der Waals surface area contributed by atoms with Crippen molar-refractivity contribution < 1.29 is 9.59 Å². The first kappa shape index (κ1) is 17.5. The summed E-state index contributed by atoms with van der Waals surface area (Å²) in [7, 11) is 0. The van der Waals surface area contributed by atoms with Crippen molar-refractivity contribution in [2.75, 3.05) is 4.90 Å². The smallest absolute Gasteiger partial charge is 0.298 e. The predicted molar refractivity (Wildman–Crippen MR) is 118 cm³/mol. The second-order valence-electron chi connectivity index (χ2n) is 6.69. The Bertz CT molecular complexity index is 1270. The van der Waals surface area contributed by atoms with E-state index in [0.29, 0.717) is 10.6 Å². The van der Waals surface area contributed by atoms with Gasteiger partial charge in [-0.3, -0.25) is 9.59 Å². The van der Waals surface area contributed by atoms with Crippen LogP contribution in [0.2, 0.25) is 0 Å². The number of amides is 2. The van der Waals surface area contributed by atoms with E-state index in [4.69, 9.17) is 0 Å². The summed E-state index contributed by atoms with van der Waals surface area (Å²) in [6.07, 6.45) is 3.74. The predicted octanol–water partition coefficient (Wildman–Crippen LogP) is 5.87. The van der Waals surface area contributed by atoms with Crippen LogP contribution in [0.25, 0.3) is 22.5 Å². The van der Waals surface area contributed by atoms with Gasteiger partial charge in [0.15, 0.2) is 0 Å². The Balaban J connectivity index is 1.51. The van der Waals surface area contributed by atoms with Crippen molar-refractivity contribution >= 4 is 45.4 Å². The highest BCUT2D eigenvalue weighted by atomic mass is 32.2. The Labute approximate surface area is 172 Å². The minimum atomic E-state index is -0.294. The van der Waals surface area contributed by atoms with E-state index >= 15 is 0 Å². The number of rotatable bonds is 3. The molecule has 0 radical (unpaired) electrons. The third-order valence-corrected chi connectivity index (χ3v) is 5.75. The maximum atomic E-state index is 12.9. The monoisotopic (exact) mass is 396 g/mol. The molecule has 1 aliphatic rings. The topological polar surface area (TPSA) is 42.3 Å². The van der Waals surface area contributed by atoms with Crippen LogP contribution in [0.1, 0.15) is 5.69 Å². The number of imide groups is 1. The molecule has 1 fully saturated rings. The van der Waals surface area contributed by atoms with Gasteiger partial charge in [0, 0.05) is 17.6 Å². The SMILES string of the molecule is O=C1S/C(=C\c2cccn2-c2ccc3ccccc3c2)C(=O)N1c1ccccc1. The molecule has 0 unspecified atom stereocenters. The minimum Gasteiger partial charge on any atom is -0.317 e. The molecule has 1 aromatic heterocycles. The van der Waals surface area contributed by atoms with E-state index in [1.807, 2.05) is 53.2 Å². The van der Waals surface area contributed by atoms with Crippen molar-refractivity contribution in [2.45, 2.75) is 0 Å². The summed E-state index contributed by atoms with van der Waals surface area (Å²) in [6.45, 7) is 0. The molecule has 0 atom stereocenters. The third-order valence-electron chi connectivity index (χ3n) is 4.88. The lowest BCUT2D eigenvalue weighted by Crippen LogP contribution is -2.27. The largest absolute Gasteiger partial charge is 0.317 e. The van der Waals surface area contributed by atoms with Crippen LogP contribution in [0.3, 0.4) is 0 Å². The molecule has 0 spiro atoms. The summed E-state index contributed by atoms with van der Waals surface area (Å²) in [4.78, 5) is 27.0. The van der Waals surface area contributed by atoms with E-state index in [-0.39, 0.29) is 11.1 Å². The van der Waals surface area contributed by atoms with E-state index in [2.05, 4.69) is 30.3 Å². The van der Waals surface area contributed by atoms with Gasteiger partial charge in [0.1, 0.15) is 0 Å². The van der Waals surface area contributed by atoms with Crippen LogP contribution in [-0.4, -0.2) is 15.7 Å². The quantitative estimate of drug-likeness (QED) is 0.407. The van der Waals surface area contributed by atoms with Gasteiger partial charge < -0.3 is 4.57 Å². The van der Waals surface area contributed by atoms with Crippen LogP contribution in [0.5, 0.6) is 0 Å². The van der Waals surface area contributed by atoms with E-state index in [9.17, 15) is 9.59 Å². The molecule has 3 aromatic carbocycles. The maximum absolute atomic E-state index is 12.9. The van der Waals surface area contributed by atoms with Crippen LogP contribution >= 0.6 is 11.8 Å². The Morgan fingerprint density at radius 3 is 2.31 bits per heavy atom. The minimum absolute atomic E-state index is 0.281. The van der Waals surface area contributed by atoms with Crippen LogP contribution < -0.4 is 4.90 Å².